The largest absolute Gasteiger partial charge is 0.494 e. The van der Waals surface area contributed by atoms with Crippen molar-refractivity contribution in [3.05, 3.63) is 96.1 Å². The molecule has 0 aliphatic rings. The van der Waals surface area contributed by atoms with Gasteiger partial charge in [-0.3, -0.25) is 4.79 Å². The van der Waals surface area contributed by atoms with Crippen LogP contribution in [-0.4, -0.2) is 44.6 Å². The number of carbonyl (C=O) groups excluding carboxylic acids is 1. The van der Waals surface area contributed by atoms with Gasteiger partial charge < -0.3 is 14.5 Å². The molecular weight excluding hydrogens is 372 g/mol. The molecule has 4 nitrogen and oxygen atoms in total. The molecule has 1 amide bonds. The van der Waals surface area contributed by atoms with Gasteiger partial charge in [0.15, 0.2) is 0 Å². The van der Waals surface area contributed by atoms with Gasteiger partial charge in [-0.15, -0.1) is 0 Å². The number of rotatable bonds is 9. The fraction of sp³-hybridized carbons (Fsp3) is 0.269. The van der Waals surface area contributed by atoms with E-state index in [2.05, 4.69) is 4.90 Å². The Balaban J connectivity index is 2.03. The predicted molar refractivity (Wildman–Crippen MR) is 123 cm³/mol. The van der Waals surface area contributed by atoms with Gasteiger partial charge in [0.25, 0.3) is 0 Å². The lowest BCUT2D eigenvalue weighted by Crippen LogP contribution is -2.40. The summed E-state index contributed by atoms with van der Waals surface area (Å²) in [6.45, 7) is 3.91. The lowest BCUT2D eigenvalue weighted by atomic mass is 9.90. The van der Waals surface area contributed by atoms with Gasteiger partial charge >= 0.3 is 0 Å². The van der Waals surface area contributed by atoms with Gasteiger partial charge in [-0.25, -0.2) is 0 Å². The van der Waals surface area contributed by atoms with Crippen LogP contribution in [0.4, 0.5) is 5.69 Å². The third-order valence-corrected chi connectivity index (χ3v) is 4.99. The van der Waals surface area contributed by atoms with Gasteiger partial charge in [-0.05, 0) is 44.3 Å². The Morgan fingerprint density at radius 2 is 1.43 bits per heavy atom. The Morgan fingerprint density at radius 3 is 1.97 bits per heavy atom. The maximum absolute atomic E-state index is 14.0. The summed E-state index contributed by atoms with van der Waals surface area (Å²) in [5.41, 5.74) is 2.83. The molecule has 0 aromatic heterocycles. The second-order valence-electron chi connectivity index (χ2n) is 7.48. The lowest BCUT2D eigenvalue weighted by molar-refractivity contribution is -0.119. The van der Waals surface area contributed by atoms with Gasteiger partial charge in [0, 0.05) is 24.8 Å². The number of ether oxygens (including phenoxy) is 1. The van der Waals surface area contributed by atoms with E-state index in [0.29, 0.717) is 13.2 Å². The molecule has 0 saturated heterocycles. The van der Waals surface area contributed by atoms with Gasteiger partial charge in [-0.1, -0.05) is 66.7 Å². The van der Waals surface area contributed by atoms with E-state index in [1.807, 2.05) is 111 Å². The van der Waals surface area contributed by atoms with Crippen molar-refractivity contribution in [2.45, 2.75) is 12.8 Å². The van der Waals surface area contributed by atoms with Crippen molar-refractivity contribution in [3.63, 3.8) is 0 Å². The van der Waals surface area contributed by atoms with E-state index in [0.717, 1.165) is 29.1 Å². The number of nitrogens with zero attached hydrogens (tertiary/aromatic N) is 2. The van der Waals surface area contributed by atoms with Crippen LogP contribution in [0.1, 0.15) is 24.0 Å². The maximum Gasteiger partial charge on any atom is 0.239 e. The topological polar surface area (TPSA) is 32.8 Å². The Morgan fingerprint density at radius 1 is 0.833 bits per heavy atom. The first-order valence-electron chi connectivity index (χ1n) is 10.4. The van der Waals surface area contributed by atoms with Crippen LogP contribution < -0.4 is 9.64 Å². The number of carbonyl (C=O) groups is 1. The summed E-state index contributed by atoms with van der Waals surface area (Å²) in [6, 6.07) is 27.8. The third-order valence-electron chi connectivity index (χ3n) is 4.99. The minimum atomic E-state index is -0.370. The molecule has 3 aromatic rings. The van der Waals surface area contributed by atoms with E-state index in [1.54, 1.807) is 0 Å². The first-order valence-corrected chi connectivity index (χ1v) is 10.4. The second-order valence-corrected chi connectivity index (χ2v) is 7.48. The van der Waals surface area contributed by atoms with Gasteiger partial charge in [0.1, 0.15) is 5.75 Å². The molecule has 0 heterocycles. The summed E-state index contributed by atoms with van der Waals surface area (Å²) in [7, 11) is 4.04. The summed E-state index contributed by atoms with van der Waals surface area (Å²) in [4.78, 5) is 18.0. The molecule has 0 bridgehead atoms. The maximum atomic E-state index is 14.0. The SMILES string of the molecule is CCOc1cccc(N(CCN(C)C)C(=O)C(c2ccccc2)c2ccccc2)c1. The molecule has 4 heteroatoms. The zero-order valence-corrected chi connectivity index (χ0v) is 18.0. The summed E-state index contributed by atoms with van der Waals surface area (Å²) in [6.07, 6.45) is 0. The number of benzene rings is 3. The highest BCUT2D eigenvalue weighted by Crippen LogP contribution is 2.30. The smallest absolute Gasteiger partial charge is 0.239 e. The van der Waals surface area contributed by atoms with Crippen molar-refractivity contribution < 1.29 is 9.53 Å². The van der Waals surface area contributed by atoms with Crippen LogP contribution in [0.2, 0.25) is 0 Å². The zero-order valence-electron chi connectivity index (χ0n) is 18.0. The number of likely N-dealkylation sites (N-methyl/N-ethyl adjacent to an activating group) is 1. The van der Waals surface area contributed by atoms with E-state index in [4.69, 9.17) is 4.74 Å². The van der Waals surface area contributed by atoms with Gasteiger partial charge in [-0.2, -0.15) is 0 Å². The first-order chi connectivity index (χ1) is 14.6. The van der Waals surface area contributed by atoms with Crippen LogP contribution in [0.25, 0.3) is 0 Å². The molecular formula is C26H30N2O2. The van der Waals surface area contributed by atoms with E-state index in [9.17, 15) is 4.79 Å². The average Bonchev–Trinajstić information content (AvgIpc) is 2.76. The highest BCUT2D eigenvalue weighted by molar-refractivity contribution is 6.00. The summed E-state index contributed by atoms with van der Waals surface area (Å²) >= 11 is 0. The Hall–Kier alpha value is -3.11. The van der Waals surface area contributed by atoms with Crippen LogP contribution in [-0.2, 0) is 4.79 Å². The van der Waals surface area contributed by atoms with E-state index in [1.165, 1.54) is 0 Å². The van der Waals surface area contributed by atoms with Crippen LogP contribution >= 0.6 is 0 Å². The highest BCUT2D eigenvalue weighted by atomic mass is 16.5. The number of amides is 1. The summed E-state index contributed by atoms with van der Waals surface area (Å²) in [5.74, 6) is 0.460. The van der Waals surface area contributed by atoms with E-state index >= 15 is 0 Å². The summed E-state index contributed by atoms with van der Waals surface area (Å²) < 4.78 is 5.68. The first kappa shape index (κ1) is 21.6. The van der Waals surface area contributed by atoms with Crippen molar-refractivity contribution in [1.82, 2.24) is 4.90 Å². The predicted octanol–water partition coefficient (Wildman–Crippen LogP) is 4.81. The number of hydrogen-bond donors (Lipinski definition) is 0. The monoisotopic (exact) mass is 402 g/mol. The van der Waals surface area contributed by atoms with Crippen LogP contribution in [0.5, 0.6) is 5.75 Å². The fourth-order valence-electron chi connectivity index (χ4n) is 3.50. The molecule has 0 aliphatic carbocycles. The Labute approximate surface area is 179 Å². The van der Waals surface area contributed by atoms with Crippen molar-refractivity contribution in [1.29, 1.82) is 0 Å². The standard InChI is InChI=1S/C26H30N2O2/c1-4-30-24-17-11-16-23(20-24)28(19-18-27(2)3)26(29)25(21-12-7-5-8-13-21)22-14-9-6-10-15-22/h5-17,20,25H,4,18-19H2,1-3H3. The molecule has 3 aromatic carbocycles. The van der Waals surface area contributed by atoms with Crippen LogP contribution in [0, 0.1) is 0 Å². The molecule has 0 radical (unpaired) electrons. The molecule has 156 valence electrons. The van der Waals surface area contributed by atoms with Crippen molar-refractivity contribution >= 4 is 11.6 Å². The molecule has 30 heavy (non-hydrogen) atoms. The zero-order chi connectivity index (χ0) is 21.3. The average molecular weight is 403 g/mol. The minimum absolute atomic E-state index is 0.0582. The van der Waals surface area contributed by atoms with Crippen molar-refractivity contribution in [2.24, 2.45) is 0 Å². The second kappa shape index (κ2) is 10.6. The molecule has 0 unspecified atom stereocenters. The van der Waals surface area contributed by atoms with Gasteiger partial charge in [0.2, 0.25) is 5.91 Å². The van der Waals surface area contributed by atoms with E-state index in [-0.39, 0.29) is 11.8 Å². The molecule has 0 fully saturated rings. The molecule has 0 N–H and O–H groups in total. The highest BCUT2D eigenvalue weighted by Gasteiger charge is 2.28. The summed E-state index contributed by atoms with van der Waals surface area (Å²) in [5, 5.41) is 0. The normalized spacial score (nSPS) is 11.0. The lowest BCUT2D eigenvalue weighted by Gasteiger charge is -2.29. The molecule has 0 saturated carbocycles. The Bertz CT molecular complexity index is 887. The van der Waals surface area contributed by atoms with Crippen LogP contribution in [0.3, 0.4) is 0 Å². The fourth-order valence-corrected chi connectivity index (χ4v) is 3.50. The molecule has 3 rings (SSSR count). The molecule has 0 atom stereocenters. The molecule has 0 aliphatic heterocycles. The van der Waals surface area contributed by atoms with Gasteiger partial charge in [0.05, 0.1) is 12.5 Å². The number of anilines is 1. The third kappa shape index (κ3) is 5.49. The van der Waals surface area contributed by atoms with E-state index < -0.39 is 0 Å². The quantitative estimate of drug-likeness (QED) is 0.515. The Kier molecular flexibility index (Phi) is 7.63. The molecule has 0 spiro atoms. The van der Waals surface area contributed by atoms with Crippen LogP contribution in [0.15, 0.2) is 84.9 Å². The van der Waals surface area contributed by atoms with Crippen molar-refractivity contribution in [2.75, 3.05) is 38.7 Å². The van der Waals surface area contributed by atoms with Crippen molar-refractivity contribution in [3.8, 4) is 5.75 Å². The minimum Gasteiger partial charge on any atom is -0.494 e. The number of hydrogen-bond acceptors (Lipinski definition) is 3.